The Morgan fingerprint density at radius 1 is 1.29 bits per heavy atom. The number of benzene rings is 1. The van der Waals surface area contributed by atoms with Crippen molar-refractivity contribution in [3.8, 4) is 0 Å². The van der Waals surface area contributed by atoms with Gasteiger partial charge in [-0.05, 0) is 37.3 Å². The van der Waals surface area contributed by atoms with E-state index in [1.165, 1.54) is 25.0 Å². The average Bonchev–Trinajstić information content (AvgIpc) is 2.90. The summed E-state index contributed by atoms with van der Waals surface area (Å²) in [6.07, 6.45) is 5.69. The number of hydrogen-bond acceptors (Lipinski definition) is 3. The van der Waals surface area contributed by atoms with Gasteiger partial charge in [-0.3, -0.25) is 14.9 Å². The van der Waals surface area contributed by atoms with Crippen LogP contribution in [-0.2, 0) is 0 Å². The minimum absolute atomic E-state index is 0.0634. The summed E-state index contributed by atoms with van der Waals surface area (Å²) >= 11 is 5.80. The quantitative estimate of drug-likeness (QED) is 0.619. The topological polar surface area (TPSA) is 63.4 Å². The molecule has 112 valence electrons. The highest BCUT2D eigenvalue weighted by atomic mass is 35.5. The number of rotatable bonds is 2. The number of amides is 1. The molecule has 0 bridgehead atoms. The van der Waals surface area contributed by atoms with Crippen molar-refractivity contribution in [3.63, 3.8) is 0 Å². The Labute approximate surface area is 128 Å². The lowest BCUT2D eigenvalue weighted by Crippen LogP contribution is -2.39. The van der Waals surface area contributed by atoms with Crippen molar-refractivity contribution in [1.29, 1.82) is 0 Å². The number of likely N-dealkylation sites (tertiary alicyclic amines) is 1. The van der Waals surface area contributed by atoms with Crippen LogP contribution in [0.1, 0.15) is 42.5 Å². The third-order valence-electron chi connectivity index (χ3n) is 4.66. The van der Waals surface area contributed by atoms with Gasteiger partial charge in [0.25, 0.3) is 11.6 Å². The van der Waals surface area contributed by atoms with Gasteiger partial charge in [-0.15, -0.1) is 0 Å². The van der Waals surface area contributed by atoms with Gasteiger partial charge in [0.05, 0.1) is 4.92 Å². The minimum atomic E-state index is -0.549. The fraction of sp³-hybridized carbons (Fsp3) is 0.533. The molecule has 2 aliphatic rings. The van der Waals surface area contributed by atoms with Crippen LogP contribution in [0.2, 0.25) is 5.02 Å². The molecular weight excluding hydrogens is 292 g/mol. The molecule has 0 radical (unpaired) electrons. The number of hydrogen-bond donors (Lipinski definition) is 0. The summed E-state index contributed by atoms with van der Waals surface area (Å²) in [6.45, 7) is 0.755. The average molecular weight is 309 g/mol. The van der Waals surface area contributed by atoms with Gasteiger partial charge in [0.1, 0.15) is 5.02 Å². The zero-order valence-electron chi connectivity index (χ0n) is 11.6. The van der Waals surface area contributed by atoms with Crippen LogP contribution < -0.4 is 0 Å². The Hall–Kier alpha value is -1.62. The van der Waals surface area contributed by atoms with Crippen LogP contribution in [-0.4, -0.2) is 28.3 Å². The molecule has 2 fully saturated rings. The maximum Gasteiger partial charge on any atom is 0.288 e. The molecule has 21 heavy (non-hydrogen) atoms. The van der Waals surface area contributed by atoms with E-state index in [4.69, 9.17) is 11.6 Å². The molecule has 1 aromatic rings. The van der Waals surface area contributed by atoms with E-state index in [0.717, 1.165) is 25.8 Å². The van der Waals surface area contributed by atoms with Crippen LogP contribution in [0.15, 0.2) is 18.2 Å². The SMILES string of the molecule is O=C(c1ccc(Cl)c([N+](=O)[O-])c1)N1CCC2CCCCC21. The van der Waals surface area contributed by atoms with Gasteiger partial charge in [-0.2, -0.15) is 0 Å². The Morgan fingerprint density at radius 2 is 2.05 bits per heavy atom. The highest BCUT2D eigenvalue weighted by Gasteiger charge is 2.38. The lowest BCUT2D eigenvalue weighted by Gasteiger charge is -2.31. The standard InChI is InChI=1S/C15H17ClN2O3/c16-12-6-5-11(9-14(12)18(20)21)15(19)17-8-7-10-3-1-2-4-13(10)17/h5-6,9-10,13H,1-4,7-8H2. The number of nitrogens with zero attached hydrogens (tertiary/aromatic N) is 2. The van der Waals surface area contributed by atoms with E-state index in [2.05, 4.69) is 0 Å². The molecule has 1 aliphatic heterocycles. The van der Waals surface area contributed by atoms with E-state index in [0.29, 0.717) is 17.5 Å². The summed E-state index contributed by atoms with van der Waals surface area (Å²) < 4.78 is 0. The van der Waals surface area contributed by atoms with Crippen LogP contribution in [0.4, 0.5) is 5.69 Å². The molecule has 2 atom stereocenters. The normalized spacial score (nSPS) is 24.7. The van der Waals surface area contributed by atoms with Crippen molar-refractivity contribution in [2.24, 2.45) is 5.92 Å². The molecule has 1 aromatic carbocycles. The van der Waals surface area contributed by atoms with Crippen LogP contribution in [0.25, 0.3) is 0 Å². The van der Waals surface area contributed by atoms with Crippen molar-refractivity contribution in [2.75, 3.05) is 6.54 Å². The Kier molecular flexibility index (Phi) is 3.85. The van der Waals surface area contributed by atoms with Gasteiger partial charge in [-0.25, -0.2) is 0 Å². The number of carbonyl (C=O) groups is 1. The van der Waals surface area contributed by atoms with Gasteiger partial charge in [-0.1, -0.05) is 24.4 Å². The monoisotopic (exact) mass is 308 g/mol. The van der Waals surface area contributed by atoms with E-state index in [-0.39, 0.29) is 16.6 Å². The summed E-state index contributed by atoms with van der Waals surface area (Å²) in [5.41, 5.74) is 0.152. The Morgan fingerprint density at radius 3 is 2.81 bits per heavy atom. The van der Waals surface area contributed by atoms with Gasteiger partial charge >= 0.3 is 0 Å². The maximum atomic E-state index is 12.6. The molecule has 0 N–H and O–H groups in total. The summed E-state index contributed by atoms with van der Waals surface area (Å²) in [6, 6.07) is 4.61. The third-order valence-corrected chi connectivity index (χ3v) is 4.98. The largest absolute Gasteiger partial charge is 0.335 e. The highest BCUT2D eigenvalue weighted by Crippen LogP contribution is 2.37. The van der Waals surface area contributed by atoms with Gasteiger partial charge in [0.15, 0.2) is 0 Å². The van der Waals surface area contributed by atoms with Crippen LogP contribution >= 0.6 is 11.6 Å². The second-order valence-corrected chi connectivity index (χ2v) is 6.23. The summed E-state index contributed by atoms with van der Waals surface area (Å²) in [7, 11) is 0. The van der Waals surface area contributed by atoms with Crippen molar-refractivity contribution in [2.45, 2.75) is 38.1 Å². The van der Waals surface area contributed by atoms with Crippen LogP contribution in [0.5, 0.6) is 0 Å². The third kappa shape index (κ3) is 2.62. The first-order chi connectivity index (χ1) is 10.1. The first-order valence-corrected chi connectivity index (χ1v) is 7.70. The lowest BCUT2D eigenvalue weighted by molar-refractivity contribution is -0.384. The Balaban J connectivity index is 1.85. The fourth-order valence-electron chi connectivity index (χ4n) is 3.61. The molecule has 5 nitrogen and oxygen atoms in total. The molecule has 1 saturated carbocycles. The number of halogens is 1. The maximum absolute atomic E-state index is 12.6. The lowest BCUT2D eigenvalue weighted by atomic mass is 9.85. The number of fused-ring (bicyclic) bond motifs is 1. The summed E-state index contributed by atoms with van der Waals surface area (Å²) in [5.74, 6) is 0.495. The molecule has 0 aromatic heterocycles. The number of carbonyl (C=O) groups excluding carboxylic acids is 1. The van der Waals surface area contributed by atoms with Crippen molar-refractivity contribution < 1.29 is 9.72 Å². The zero-order valence-corrected chi connectivity index (χ0v) is 12.4. The first kappa shape index (κ1) is 14.3. The molecule has 1 heterocycles. The van der Waals surface area contributed by atoms with E-state index in [9.17, 15) is 14.9 Å². The molecule has 1 aliphatic carbocycles. The van der Waals surface area contributed by atoms with E-state index < -0.39 is 4.92 Å². The van der Waals surface area contributed by atoms with E-state index in [1.807, 2.05) is 4.90 Å². The smallest absolute Gasteiger partial charge is 0.288 e. The second kappa shape index (κ2) is 5.64. The van der Waals surface area contributed by atoms with Gasteiger partial charge in [0, 0.05) is 24.2 Å². The zero-order chi connectivity index (χ0) is 15.0. The van der Waals surface area contributed by atoms with E-state index in [1.54, 1.807) is 6.07 Å². The molecule has 2 unspecified atom stereocenters. The molecule has 0 spiro atoms. The van der Waals surface area contributed by atoms with Crippen LogP contribution in [0, 0.1) is 16.0 Å². The molecule has 3 rings (SSSR count). The molecule has 1 saturated heterocycles. The molecule has 6 heteroatoms. The molecule has 1 amide bonds. The number of nitro benzene ring substituents is 1. The van der Waals surface area contributed by atoms with Crippen molar-refractivity contribution in [3.05, 3.63) is 38.9 Å². The van der Waals surface area contributed by atoms with Crippen molar-refractivity contribution >= 4 is 23.2 Å². The molecular formula is C15H17ClN2O3. The fourth-order valence-corrected chi connectivity index (χ4v) is 3.80. The van der Waals surface area contributed by atoms with Crippen molar-refractivity contribution in [1.82, 2.24) is 4.90 Å². The Bertz CT molecular complexity index is 590. The minimum Gasteiger partial charge on any atom is -0.335 e. The predicted molar refractivity (Wildman–Crippen MR) is 79.5 cm³/mol. The summed E-state index contributed by atoms with van der Waals surface area (Å²) in [5, 5.41) is 11.0. The van der Waals surface area contributed by atoms with Gasteiger partial charge in [0.2, 0.25) is 0 Å². The van der Waals surface area contributed by atoms with E-state index >= 15 is 0 Å². The highest BCUT2D eigenvalue weighted by molar-refractivity contribution is 6.32. The second-order valence-electron chi connectivity index (χ2n) is 5.82. The van der Waals surface area contributed by atoms with Gasteiger partial charge < -0.3 is 4.90 Å². The van der Waals surface area contributed by atoms with Crippen LogP contribution in [0.3, 0.4) is 0 Å². The predicted octanol–water partition coefficient (Wildman–Crippen LogP) is 3.65. The first-order valence-electron chi connectivity index (χ1n) is 7.33. The summed E-state index contributed by atoms with van der Waals surface area (Å²) in [4.78, 5) is 24.9. The number of nitro groups is 1.